The number of ether oxygens (including phenoxy) is 1. The molecule has 1 N–H and O–H groups in total. The highest BCUT2D eigenvalue weighted by Gasteiger charge is 2.33. The molecule has 1 aliphatic carbocycles. The van der Waals surface area contributed by atoms with Crippen LogP contribution in [0, 0.1) is 5.92 Å². The number of nitrogens with zero attached hydrogens (tertiary/aromatic N) is 1. The van der Waals surface area contributed by atoms with Crippen molar-refractivity contribution in [1.29, 1.82) is 0 Å². The first kappa shape index (κ1) is 19.9. The summed E-state index contributed by atoms with van der Waals surface area (Å²) < 4.78 is 7.59. The highest BCUT2D eigenvalue weighted by molar-refractivity contribution is 6.35. The normalized spacial score (nSPS) is 26.6. The van der Waals surface area contributed by atoms with Crippen LogP contribution in [0.5, 0.6) is 0 Å². The summed E-state index contributed by atoms with van der Waals surface area (Å²) in [6.45, 7) is 3.70. The smallest absolute Gasteiger partial charge is 0.165 e. The number of halogens is 1. The number of aliphatic hydroxyl groups is 1. The van der Waals surface area contributed by atoms with E-state index in [9.17, 15) is 9.90 Å². The van der Waals surface area contributed by atoms with Crippen LogP contribution >= 0.6 is 11.6 Å². The minimum atomic E-state index is -0.698. The number of carbonyl (C=O) groups excluding carboxylic acids is 1. The average Bonchev–Trinajstić information content (AvgIpc) is 3.08. The van der Waals surface area contributed by atoms with E-state index in [-0.39, 0.29) is 5.78 Å². The monoisotopic (exact) mass is 403 g/mol. The standard InChI is InChI=1S/C23H30ClNO3/c1-16-4-2-9-23(27,15-16)10-6-21(26)18-14-20(17-7-12-28-13-8-17)25-11-3-5-19(24)22(18)25/h3,5,11,14,16-17,27H,2,4,6-10,12-13,15H2,1H3. The van der Waals surface area contributed by atoms with Crippen molar-refractivity contribution < 1.29 is 14.6 Å². The van der Waals surface area contributed by atoms with Crippen molar-refractivity contribution in [2.75, 3.05) is 13.2 Å². The van der Waals surface area contributed by atoms with Gasteiger partial charge in [-0.1, -0.05) is 31.4 Å². The highest BCUT2D eigenvalue weighted by Crippen LogP contribution is 2.37. The topological polar surface area (TPSA) is 50.9 Å². The lowest BCUT2D eigenvalue weighted by Crippen LogP contribution is -2.35. The minimum absolute atomic E-state index is 0.0792. The first-order chi connectivity index (χ1) is 13.5. The number of hydrogen-bond donors (Lipinski definition) is 1. The molecule has 1 aliphatic heterocycles. The van der Waals surface area contributed by atoms with Crippen LogP contribution in [0.15, 0.2) is 24.4 Å². The van der Waals surface area contributed by atoms with Gasteiger partial charge in [0.25, 0.3) is 0 Å². The van der Waals surface area contributed by atoms with Crippen LogP contribution in [0.4, 0.5) is 0 Å². The Morgan fingerprint density at radius 3 is 2.89 bits per heavy atom. The second-order valence-electron chi connectivity index (χ2n) is 8.79. The number of ketones is 1. The molecule has 0 aromatic carbocycles. The van der Waals surface area contributed by atoms with Crippen molar-refractivity contribution in [3.8, 4) is 0 Å². The third-order valence-corrected chi connectivity index (χ3v) is 6.90. The molecule has 0 radical (unpaired) electrons. The number of aromatic nitrogens is 1. The van der Waals surface area contributed by atoms with Crippen LogP contribution in [-0.2, 0) is 4.74 Å². The van der Waals surface area contributed by atoms with Crippen molar-refractivity contribution in [3.63, 3.8) is 0 Å². The summed E-state index contributed by atoms with van der Waals surface area (Å²) in [4.78, 5) is 13.2. The third kappa shape index (κ3) is 4.00. The highest BCUT2D eigenvalue weighted by atomic mass is 35.5. The summed E-state index contributed by atoms with van der Waals surface area (Å²) in [7, 11) is 0. The molecular weight excluding hydrogens is 374 g/mol. The molecule has 1 saturated carbocycles. The molecule has 2 aromatic rings. The van der Waals surface area contributed by atoms with E-state index in [0.29, 0.717) is 35.3 Å². The van der Waals surface area contributed by atoms with E-state index < -0.39 is 5.60 Å². The zero-order valence-electron chi connectivity index (χ0n) is 16.6. The maximum Gasteiger partial charge on any atom is 0.165 e. The summed E-state index contributed by atoms with van der Waals surface area (Å²) in [6.07, 6.45) is 8.63. The van der Waals surface area contributed by atoms with Gasteiger partial charge >= 0.3 is 0 Å². The Bertz CT molecular complexity index is 855. The van der Waals surface area contributed by atoms with Crippen molar-refractivity contribution in [1.82, 2.24) is 4.40 Å². The first-order valence-corrected chi connectivity index (χ1v) is 11.0. The summed E-state index contributed by atoms with van der Waals surface area (Å²) >= 11 is 6.51. The van der Waals surface area contributed by atoms with Gasteiger partial charge in [-0.05, 0) is 56.2 Å². The Balaban J connectivity index is 1.59. The summed E-state index contributed by atoms with van der Waals surface area (Å²) in [5.41, 5.74) is 1.95. The number of Topliss-reactive ketones (excluding diaryl/α,β-unsaturated/α-hetero) is 1. The first-order valence-electron chi connectivity index (χ1n) is 10.6. The van der Waals surface area contributed by atoms with Crippen molar-refractivity contribution >= 4 is 22.9 Å². The Morgan fingerprint density at radius 1 is 1.36 bits per heavy atom. The van der Waals surface area contributed by atoms with E-state index in [0.717, 1.165) is 56.5 Å². The molecule has 2 atom stereocenters. The van der Waals surface area contributed by atoms with E-state index in [4.69, 9.17) is 16.3 Å². The second kappa shape index (κ2) is 8.17. The Morgan fingerprint density at radius 2 is 2.14 bits per heavy atom. The lowest BCUT2D eigenvalue weighted by molar-refractivity contribution is -0.0204. The van der Waals surface area contributed by atoms with Gasteiger partial charge in [0.05, 0.1) is 16.1 Å². The van der Waals surface area contributed by atoms with Crippen LogP contribution in [0.25, 0.3) is 5.52 Å². The fraction of sp³-hybridized carbons (Fsp3) is 0.609. The Kier molecular flexibility index (Phi) is 5.82. The van der Waals surface area contributed by atoms with Crippen LogP contribution in [0.2, 0.25) is 5.02 Å². The van der Waals surface area contributed by atoms with Crippen molar-refractivity contribution in [3.05, 3.63) is 40.7 Å². The zero-order chi connectivity index (χ0) is 19.7. The molecular formula is C23H30ClNO3. The van der Waals surface area contributed by atoms with Gasteiger partial charge in [0.15, 0.2) is 5.78 Å². The second-order valence-corrected chi connectivity index (χ2v) is 9.20. The van der Waals surface area contributed by atoms with Gasteiger partial charge in [-0.25, -0.2) is 0 Å². The molecule has 4 rings (SSSR count). The molecule has 28 heavy (non-hydrogen) atoms. The minimum Gasteiger partial charge on any atom is -0.390 e. The maximum absolute atomic E-state index is 13.2. The number of fused-ring (bicyclic) bond motifs is 1. The van der Waals surface area contributed by atoms with E-state index >= 15 is 0 Å². The van der Waals surface area contributed by atoms with E-state index in [1.54, 1.807) is 0 Å². The van der Waals surface area contributed by atoms with Crippen LogP contribution in [0.1, 0.15) is 80.3 Å². The molecule has 3 heterocycles. The predicted octanol–water partition coefficient (Wildman–Crippen LogP) is 5.39. The fourth-order valence-electron chi connectivity index (χ4n) is 5.10. The molecule has 0 amide bonds. The zero-order valence-corrected chi connectivity index (χ0v) is 17.4. The van der Waals surface area contributed by atoms with Gasteiger partial charge in [0.2, 0.25) is 0 Å². The molecule has 2 unspecified atom stereocenters. The van der Waals surface area contributed by atoms with Crippen molar-refractivity contribution in [2.45, 2.75) is 69.8 Å². The SMILES string of the molecule is CC1CCCC(O)(CCC(=O)c2cc(C3CCOCC3)n3cccc(Cl)c23)C1. The summed E-state index contributed by atoms with van der Waals surface area (Å²) in [6, 6.07) is 5.81. The molecule has 0 spiro atoms. The largest absolute Gasteiger partial charge is 0.390 e. The molecule has 2 fully saturated rings. The van der Waals surface area contributed by atoms with Crippen LogP contribution in [-0.4, -0.2) is 34.1 Å². The van der Waals surface area contributed by atoms with Gasteiger partial charge in [-0.15, -0.1) is 0 Å². The fourth-order valence-corrected chi connectivity index (χ4v) is 5.37. The summed E-state index contributed by atoms with van der Waals surface area (Å²) in [5.74, 6) is 0.985. The lowest BCUT2D eigenvalue weighted by atomic mass is 9.76. The van der Waals surface area contributed by atoms with E-state index in [2.05, 4.69) is 11.3 Å². The van der Waals surface area contributed by atoms with Gasteiger partial charge in [-0.3, -0.25) is 4.79 Å². The third-order valence-electron chi connectivity index (χ3n) is 6.60. The maximum atomic E-state index is 13.2. The summed E-state index contributed by atoms with van der Waals surface area (Å²) in [5, 5.41) is 11.5. The lowest BCUT2D eigenvalue weighted by Gasteiger charge is -2.35. The average molecular weight is 404 g/mol. The Hall–Kier alpha value is -1.36. The molecule has 0 bridgehead atoms. The number of hydrogen-bond acceptors (Lipinski definition) is 3. The van der Waals surface area contributed by atoms with E-state index in [1.807, 2.05) is 24.4 Å². The van der Waals surface area contributed by atoms with Gasteiger partial charge in [0.1, 0.15) is 0 Å². The molecule has 5 heteroatoms. The number of carbonyl (C=O) groups is 1. The van der Waals surface area contributed by atoms with Gasteiger partial charge in [0, 0.05) is 43.0 Å². The molecule has 152 valence electrons. The Labute approximate surface area is 171 Å². The van der Waals surface area contributed by atoms with E-state index in [1.165, 1.54) is 6.42 Å². The number of pyridine rings is 1. The van der Waals surface area contributed by atoms with Crippen LogP contribution in [0.3, 0.4) is 0 Å². The molecule has 4 nitrogen and oxygen atoms in total. The van der Waals surface area contributed by atoms with Gasteiger partial charge < -0.3 is 14.2 Å². The quantitative estimate of drug-likeness (QED) is 0.681. The number of rotatable bonds is 5. The molecule has 1 saturated heterocycles. The predicted molar refractivity (Wildman–Crippen MR) is 111 cm³/mol. The van der Waals surface area contributed by atoms with Crippen LogP contribution < -0.4 is 0 Å². The van der Waals surface area contributed by atoms with Gasteiger partial charge in [-0.2, -0.15) is 0 Å². The molecule has 2 aromatic heterocycles. The molecule has 2 aliphatic rings. The van der Waals surface area contributed by atoms with Crippen molar-refractivity contribution in [2.24, 2.45) is 5.92 Å².